The molecule has 0 aliphatic rings. The Hall–Kier alpha value is -2.59. The zero-order chi connectivity index (χ0) is 16.6. The van der Waals surface area contributed by atoms with Crippen molar-refractivity contribution in [1.82, 2.24) is 4.98 Å². The van der Waals surface area contributed by atoms with Gasteiger partial charge >= 0.3 is 0 Å². The second-order valence-corrected chi connectivity index (χ2v) is 5.66. The highest BCUT2D eigenvalue weighted by Crippen LogP contribution is 2.26. The Morgan fingerprint density at radius 1 is 1.17 bits per heavy atom. The predicted octanol–water partition coefficient (Wildman–Crippen LogP) is 3.93. The number of rotatable bonds is 3. The SMILES string of the molecule is Cc1c(C(C)N)ccc(C(=O)c2cccc3cnccc23)c1F. The maximum Gasteiger partial charge on any atom is 0.196 e. The molecule has 4 heteroatoms. The number of carbonyl (C=O) groups is 1. The van der Waals surface area contributed by atoms with Gasteiger partial charge in [-0.05, 0) is 42.5 Å². The summed E-state index contributed by atoms with van der Waals surface area (Å²) in [4.78, 5) is 16.9. The lowest BCUT2D eigenvalue weighted by molar-refractivity contribution is 0.103. The van der Waals surface area contributed by atoms with Crippen LogP contribution in [0.1, 0.15) is 40.0 Å². The quantitative estimate of drug-likeness (QED) is 0.746. The number of nitrogens with two attached hydrogens (primary N) is 1. The van der Waals surface area contributed by atoms with Crippen LogP contribution >= 0.6 is 0 Å². The molecule has 1 aromatic heterocycles. The van der Waals surface area contributed by atoms with Crippen LogP contribution in [-0.2, 0) is 0 Å². The van der Waals surface area contributed by atoms with E-state index < -0.39 is 5.82 Å². The van der Waals surface area contributed by atoms with E-state index in [1.54, 1.807) is 50.5 Å². The first-order valence-electron chi connectivity index (χ1n) is 7.42. The normalized spacial score (nSPS) is 12.3. The second-order valence-electron chi connectivity index (χ2n) is 5.66. The zero-order valence-electron chi connectivity index (χ0n) is 13.0. The van der Waals surface area contributed by atoms with Crippen LogP contribution in [-0.4, -0.2) is 10.8 Å². The largest absolute Gasteiger partial charge is 0.324 e. The van der Waals surface area contributed by atoms with Crippen molar-refractivity contribution < 1.29 is 9.18 Å². The fourth-order valence-corrected chi connectivity index (χ4v) is 2.83. The van der Waals surface area contributed by atoms with Crippen LogP contribution in [0.5, 0.6) is 0 Å². The molecule has 0 fully saturated rings. The highest BCUT2D eigenvalue weighted by molar-refractivity contribution is 6.16. The van der Waals surface area contributed by atoms with Gasteiger partial charge in [-0.1, -0.05) is 24.3 Å². The number of pyridine rings is 1. The first kappa shape index (κ1) is 15.3. The van der Waals surface area contributed by atoms with Gasteiger partial charge in [-0.15, -0.1) is 0 Å². The van der Waals surface area contributed by atoms with E-state index in [-0.39, 0.29) is 17.4 Å². The van der Waals surface area contributed by atoms with Crippen molar-refractivity contribution in [3.8, 4) is 0 Å². The molecule has 0 radical (unpaired) electrons. The average molecular weight is 308 g/mol. The Morgan fingerprint density at radius 2 is 1.96 bits per heavy atom. The van der Waals surface area contributed by atoms with Gasteiger partial charge in [-0.2, -0.15) is 0 Å². The standard InChI is InChI=1S/C19H17FN2O/c1-11-14(12(2)21)6-7-17(18(11)20)19(23)16-5-3-4-13-10-22-9-8-15(13)16/h3-10,12H,21H2,1-2H3. The molecule has 0 saturated heterocycles. The van der Waals surface area contributed by atoms with E-state index >= 15 is 0 Å². The van der Waals surface area contributed by atoms with Gasteiger partial charge in [0.1, 0.15) is 5.82 Å². The third-order valence-electron chi connectivity index (χ3n) is 4.09. The summed E-state index contributed by atoms with van der Waals surface area (Å²) in [6, 6.07) is 10.1. The smallest absolute Gasteiger partial charge is 0.196 e. The summed E-state index contributed by atoms with van der Waals surface area (Å²) in [5.41, 5.74) is 7.50. The number of hydrogen-bond donors (Lipinski definition) is 1. The van der Waals surface area contributed by atoms with Gasteiger partial charge in [-0.25, -0.2) is 4.39 Å². The first-order chi connectivity index (χ1) is 11.0. The molecule has 2 N–H and O–H groups in total. The Labute approximate surface area is 134 Å². The fourth-order valence-electron chi connectivity index (χ4n) is 2.83. The molecule has 2 aromatic carbocycles. The van der Waals surface area contributed by atoms with E-state index in [9.17, 15) is 9.18 Å². The Bertz CT molecular complexity index is 898. The molecule has 0 aliphatic heterocycles. The number of halogens is 1. The highest BCUT2D eigenvalue weighted by atomic mass is 19.1. The minimum Gasteiger partial charge on any atom is -0.324 e. The van der Waals surface area contributed by atoms with Crippen molar-refractivity contribution in [2.45, 2.75) is 19.9 Å². The number of fused-ring (bicyclic) bond motifs is 1. The molecule has 0 bridgehead atoms. The number of nitrogens with zero attached hydrogens (tertiary/aromatic N) is 1. The van der Waals surface area contributed by atoms with Crippen LogP contribution in [0.3, 0.4) is 0 Å². The number of ketones is 1. The molecular weight excluding hydrogens is 291 g/mol. The van der Waals surface area contributed by atoms with Gasteiger partial charge in [-0.3, -0.25) is 9.78 Å². The van der Waals surface area contributed by atoms with Crippen molar-refractivity contribution in [2.24, 2.45) is 5.73 Å². The lowest BCUT2D eigenvalue weighted by atomic mass is 9.93. The number of carbonyl (C=O) groups excluding carboxylic acids is 1. The van der Waals surface area contributed by atoms with Crippen molar-refractivity contribution in [2.75, 3.05) is 0 Å². The monoisotopic (exact) mass is 308 g/mol. The lowest BCUT2D eigenvalue weighted by Gasteiger charge is -2.13. The molecule has 0 spiro atoms. The molecule has 116 valence electrons. The molecule has 0 saturated carbocycles. The van der Waals surface area contributed by atoms with Gasteiger partial charge < -0.3 is 5.73 Å². The van der Waals surface area contributed by atoms with Gasteiger partial charge in [0.05, 0.1) is 5.56 Å². The third kappa shape index (κ3) is 2.62. The van der Waals surface area contributed by atoms with Gasteiger partial charge in [0.25, 0.3) is 0 Å². The Balaban J connectivity index is 2.15. The van der Waals surface area contributed by atoms with E-state index in [0.29, 0.717) is 16.7 Å². The third-order valence-corrected chi connectivity index (χ3v) is 4.09. The van der Waals surface area contributed by atoms with Crippen LogP contribution in [0.4, 0.5) is 4.39 Å². The maximum absolute atomic E-state index is 14.7. The van der Waals surface area contributed by atoms with Crippen molar-refractivity contribution in [3.05, 3.63) is 76.9 Å². The molecule has 1 heterocycles. The van der Waals surface area contributed by atoms with Crippen LogP contribution in [0.2, 0.25) is 0 Å². The minimum absolute atomic E-state index is 0.0659. The van der Waals surface area contributed by atoms with Crippen LogP contribution in [0.25, 0.3) is 10.8 Å². The summed E-state index contributed by atoms with van der Waals surface area (Å²) in [6.07, 6.45) is 3.31. The van der Waals surface area contributed by atoms with Gasteiger partial charge in [0.2, 0.25) is 0 Å². The van der Waals surface area contributed by atoms with Gasteiger partial charge in [0, 0.05) is 29.4 Å². The van der Waals surface area contributed by atoms with Crippen molar-refractivity contribution in [3.63, 3.8) is 0 Å². The fraction of sp³-hybridized carbons (Fsp3) is 0.158. The summed E-state index contributed by atoms with van der Waals surface area (Å²) in [6.45, 7) is 3.44. The van der Waals surface area contributed by atoms with E-state index in [1.807, 2.05) is 6.07 Å². The molecule has 3 nitrogen and oxygen atoms in total. The summed E-state index contributed by atoms with van der Waals surface area (Å²) < 4.78 is 14.7. The summed E-state index contributed by atoms with van der Waals surface area (Å²) in [7, 11) is 0. The summed E-state index contributed by atoms with van der Waals surface area (Å²) in [5.74, 6) is -0.838. The molecule has 0 aliphatic carbocycles. The molecule has 0 amide bonds. The zero-order valence-corrected chi connectivity index (χ0v) is 13.0. The molecule has 23 heavy (non-hydrogen) atoms. The average Bonchev–Trinajstić information content (AvgIpc) is 2.56. The van der Waals surface area contributed by atoms with Crippen LogP contribution in [0, 0.1) is 12.7 Å². The van der Waals surface area contributed by atoms with Crippen molar-refractivity contribution in [1.29, 1.82) is 0 Å². The number of aromatic nitrogens is 1. The van der Waals surface area contributed by atoms with E-state index in [2.05, 4.69) is 4.98 Å². The molecule has 3 rings (SSSR count). The molecule has 1 unspecified atom stereocenters. The van der Waals surface area contributed by atoms with E-state index in [1.165, 1.54) is 6.07 Å². The number of benzene rings is 2. The summed E-state index contributed by atoms with van der Waals surface area (Å²) in [5, 5.41) is 1.61. The van der Waals surface area contributed by atoms with Crippen LogP contribution in [0.15, 0.2) is 48.8 Å². The second kappa shape index (κ2) is 5.89. The van der Waals surface area contributed by atoms with Crippen LogP contribution < -0.4 is 5.73 Å². The predicted molar refractivity (Wildman–Crippen MR) is 88.9 cm³/mol. The molecular formula is C19H17FN2O. The number of hydrogen-bond acceptors (Lipinski definition) is 3. The highest BCUT2D eigenvalue weighted by Gasteiger charge is 2.20. The Morgan fingerprint density at radius 3 is 2.70 bits per heavy atom. The maximum atomic E-state index is 14.7. The lowest BCUT2D eigenvalue weighted by Crippen LogP contribution is -2.12. The van der Waals surface area contributed by atoms with E-state index in [0.717, 1.165) is 10.8 Å². The molecule has 3 aromatic rings. The first-order valence-corrected chi connectivity index (χ1v) is 7.42. The topological polar surface area (TPSA) is 56.0 Å². The minimum atomic E-state index is -0.504. The summed E-state index contributed by atoms with van der Waals surface area (Å²) >= 11 is 0. The van der Waals surface area contributed by atoms with Crippen molar-refractivity contribution >= 4 is 16.6 Å². The van der Waals surface area contributed by atoms with E-state index in [4.69, 9.17) is 5.73 Å². The Kier molecular flexibility index (Phi) is 3.92. The van der Waals surface area contributed by atoms with Gasteiger partial charge in [0.15, 0.2) is 5.78 Å². The molecule has 1 atom stereocenters.